The number of H-pyrrole nitrogens is 1. The maximum absolute atomic E-state index is 12.4. The molecular weight excluding hydrogens is 310 g/mol. The van der Waals surface area contributed by atoms with Crippen LogP contribution in [0.3, 0.4) is 0 Å². The van der Waals surface area contributed by atoms with Crippen molar-refractivity contribution in [2.75, 3.05) is 39.2 Å². The third-order valence-electron chi connectivity index (χ3n) is 4.65. The Balaban J connectivity index is 2.20. The lowest BCUT2D eigenvalue weighted by Crippen LogP contribution is -2.34. The van der Waals surface area contributed by atoms with Gasteiger partial charge in [-0.15, -0.1) is 0 Å². The van der Waals surface area contributed by atoms with Gasteiger partial charge < -0.3 is 24.6 Å². The summed E-state index contributed by atoms with van der Waals surface area (Å²) >= 11 is 0. The van der Waals surface area contributed by atoms with Gasteiger partial charge in [-0.05, 0) is 26.1 Å². The van der Waals surface area contributed by atoms with E-state index in [0.717, 1.165) is 31.3 Å². The number of hydrogen-bond donors (Lipinski definition) is 2. The Hall–Kier alpha value is -2.54. The van der Waals surface area contributed by atoms with Gasteiger partial charge in [0.25, 0.3) is 0 Å². The highest BCUT2D eigenvalue weighted by molar-refractivity contribution is 5.96. The number of carboxylic acid groups (broad SMARTS) is 1. The van der Waals surface area contributed by atoms with E-state index < -0.39 is 5.97 Å². The van der Waals surface area contributed by atoms with Gasteiger partial charge in [0, 0.05) is 31.8 Å². The van der Waals surface area contributed by atoms with Gasteiger partial charge in [-0.25, -0.2) is 4.79 Å². The molecule has 128 valence electrons. The molecule has 1 aromatic carbocycles. The Morgan fingerprint density at radius 3 is 2.75 bits per heavy atom. The lowest BCUT2D eigenvalue weighted by molar-refractivity contribution is 0.0691. The van der Waals surface area contributed by atoms with Gasteiger partial charge in [-0.2, -0.15) is 0 Å². The lowest BCUT2D eigenvalue weighted by atomic mass is 10.1. The molecular formula is C17H21N3O4. The number of ether oxygens (including phenoxy) is 1. The van der Waals surface area contributed by atoms with Crippen molar-refractivity contribution in [2.45, 2.75) is 12.5 Å². The SMILES string of the molecule is COc1cc(N(C)C2CCN(C)C2)c2[nH]c(C(=O)O)cc(=O)c2c1. The van der Waals surface area contributed by atoms with Gasteiger partial charge in [0.1, 0.15) is 11.4 Å². The Morgan fingerprint density at radius 1 is 1.42 bits per heavy atom. The van der Waals surface area contributed by atoms with Crippen LogP contribution in [0.4, 0.5) is 5.69 Å². The van der Waals surface area contributed by atoms with Gasteiger partial charge in [0.05, 0.1) is 23.7 Å². The second kappa shape index (κ2) is 6.16. The maximum Gasteiger partial charge on any atom is 0.352 e. The number of fused-ring (bicyclic) bond motifs is 1. The lowest BCUT2D eigenvalue weighted by Gasteiger charge is -2.28. The first-order chi connectivity index (χ1) is 11.4. The molecule has 1 aliphatic rings. The molecule has 1 fully saturated rings. The summed E-state index contributed by atoms with van der Waals surface area (Å²) in [5, 5.41) is 9.65. The summed E-state index contributed by atoms with van der Waals surface area (Å²) in [7, 11) is 5.58. The summed E-state index contributed by atoms with van der Waals surface area (Å²) in [4.78, 5) is 30.9. The summed E-state index contributed by atoms with van der Waals surface area (Å²) in [5.74, 6) is -0.580. The van der Waals surface area contributed by atoms with E-state index in [9.17, 15) is 14.7 Å². The van der Waals surface area contributed by atoms with Crippen molar-refractivity contribution in [3.05, 3.63) is 34.1 Å². The van der Waals surface area contributed by atoms with Gasteiger partial charge in [0.2, 0.25) is 0 Å². The number of aromatic carboxylic acids is 1. The minimum absolute atomic E-state index is 0.115. The normalized spacial score (nSPS) is 18.0. The molecule has 7 nitrogen and oxygen atoms in total. The number of pyridine rings is 1. The molecule has 2 heterocycles. The minimum Gasteiger partial charge on any atom is -0.497 e. The summed E-state index contributed by atoms with van der Waals surface area (Å²) in [5.41, 5.74) is 0.844. The van der Waals surface area contributed by atoms with E-state index in [1.54, 1.807) is 13.2 Å². The molecule has 3 rings (SSSR count). The molecule has 0 bridgehead atoms. The molecule has 0 amide bonds. The Labute approximate surface area is 139 Å². The third-order valence-corrected chi connectivity index (χ3v) is 4.65. The molecule has 2 N–H and O–H groups in total. The number of nitrogens with zero attached hydrogens (tertiary/aromatic N) is 2. The number of hydrogen-bond acceptors (Lipinski definition) is 5. The number of aromatic nitrogens is 1. The van der Waals surface area contributed by atoms with E-state index in [0.29, 0.717) is 22.7 Å². The molecule has 2 aromatic rings. The van der Waals surface area contributed by atoms with Gasteiger partial charge in [-0.1, -0.05) is 0 Å². The Kier molecular flexibility index (Phi) is 4.19. The number of benzene rings is 1. The van der Waals surface area contributed by atoms with Crippen LogP contribution in [-0.2, 0) is 0 Å². The van der Waals surface area contributed by atoms with Crippen LogP contribution in [0.5, 0.6) is 5.75 Å². The monoisotopic (exact) mass is 331 g/mol. The van der Waals surface area contributed by atoms with Gasteiger partial charge >= 0.3 is 5.97 Å². The van der Waals surface area contributed by atoms with Crippen molar-refractivity contribution >= 4 is 22.6 Å². The first-order valence-corrected chi connectivity index (χ1v) is 7.80. The number of likely N-dealkylation sites (tertiary alicyclic amines) is 1. The van der Waals surface area contributed by atoms with Crippen molar-refractivity contribution in [1.82, 2.24) is 9.88 Å². The highest BCUT2D eigenvalue weighted by Gasteiger charge is 2.25. The van der Waals surface area contributed by atoms with E-state index >= 15 is 0 Å². The minimum atomic E-state index is -1.15. The van der Waals surface area contributed by atoms with E-state index in [-0.39, 0.29) is 11.1 Å². The second-order valence-electron chi connectivity index (χ2n) is 6.24. The van der Waals surface area contributed by atoms with Crippen LogP contribution < -0.4 is 15.1 Å². The number of aromatic amines is 1. The molecule has 7 heteroatoms. The van der Waals surface area contributed by atoms with E-state index in [1.165, 1.54) is 0 Å². The summed E-state index contributed by atoms with van der Waals surface area (Å²) < 4.78 is 5.32. The number of anilines is 1. The summed E-state index contributed by atoms with van der Waals surface area (Å²) in [6.07, 6.45) is 1.01. The molecule has 0 radical (unpaired) electrons. The number of nitrogens with one attached hydrogen (secondary N) is 1. The van der Waals surface area contributed by atoms with Gasteiger partial charge in [0.15, 0.2) is 5.43 Å². The number of rotatable bonds is 4. The zero-order valence-corrected chi connectivity index (χ0v) is 14.0. The van der Waals surface area contributed by atoms with Crippen molar-refractivity contribution in [1.29, 1.82) is 0 Å². The van der Waals surface area contributed by atoms with Crippen LogP contribution in [0, 0.1) is 0 Å². The van der Waals surface area contributed by atoms with Crippen LogP contribution >= 0.6 is 0 Å². The van der Waals surface area contributed by atoms with Crippen LogP contribution in [0.1, 0.15) is 16.9 Å². The highest BCUT2D eigenvalue weighted by atomic mass is 16.5. The zero-order valence-electron chi connectivity index (χ0n) is 14.0. The Bertz CT molecular complexity index is 846. The molecule has 1 aliphatic heterocycles. The second-order valence-corrected chi connectivity index (χ2v) is 6.24. The van der Waals surface area contributed by atoms with E-state index in [2.05, 4.69) is 21.8 Å². The molecule has 1 aromatic heterocycles. The first-order valence-electron chi connectivity index (χ1n) is 7.80. The van der Waals surface area contributed by atoms with Crippen molar-refractivity contribution in [3.8, 4) is 5.75 Å². The molecule has 1 atom stereocenters. The summed E-state index contributed by atoms with van der Waals surface area (Å²) in [6.45, 7) is 1.92. The van der Waals surface area contributed by atoms with Crippen LogP contribution in [0.15, 0.2) is 23.0 Å². The van der Waals surface area contributed by atoms with Crippen molar-refractivity contribution < 1.29 is 14.6 Å². The number of carboxylic acids is 1. The molecule has 0 saturated carbocycles. The van der Waals surface area contributed by atoms with E-state index in [4.69, 9.17) is 4.74 Å². The van der Waals surface area contributed by atoms with Crippen LogP contribution in [0.2, 0.25) is 0 Å². The number of carbonyl (C=O) groups is 1. The average Bonchev–Trinajstić information content (AvgIpc) is 2.99. The fourth-order valence-electron chi connectivity index (χ4n) is 3.24. The molecule has 1 unspecified atom stereocenters. The van der Waals surface area contributed by atoms with Crippen molar-refractivity contribution in [3.63, 3.8) is 0 Å². The largest absolute Gasteiger partial charge is 0.497 e. The topological polar surface area (TPSA) is 85.9 Å². The highest BCUT2D eigenvalue weighted by Crippen LogP contribution is 2.31. The predicted molar refractivity (Wildman–Crippen MR) is 92.4 cm³/mol. The molecule has 0 spiro atoms. The van der Waals surface area contributed by atoms with Crippen molar-refractivity contribution in [2.24, 2.45) is 0 Å². The smallest absolute Gasteiger partial charge is 0.352 e. The van der Waals surface area contributed by atoms with Gasteiger partial charge in [-0.3, -0.25) is 4.79 Å². The predicted octanol–water partition coefficient (Wildman–Crippen LogP) is 1.38. The quantitative estimate of drug-likeness (QED) is 0.880. The fourth-order valence-corrected chi connectivity index (χ4v) is 3.24. The molecule has 1 saturated heterocycles. The fraction of sp³-hybridized carbons (Fsp3) is 0.412. The van der Waals surface area contributed by atoms with Crippen LogP contribution in [0.25, 0.3) is 10.9 Å². The standard InChI is InChI=1S/C17H21N3O4/c1-19-5-4-10(9-19)20(2)14-7-11(24-3)6-12-15(21)8-13(17(22)23)18-16(12)14/h6-8,10H,4-5,9H2,1-3H3,(H,18,21)(H,22,23). The number of likely N-dealkylation sites (N-methyl/N-ethyl adjacent to an activating group) is 2. The Morgan fingerprint density at radius 2 is 2.17 bits per heavy atom. The third kappa shape index (κ3) is 2.82. The maximum atomic E-state index is 12.4. The van der Waals surface area contributed by atoms with E-state index in [1.807, 2.05) is 13.1 Å². The molecule has 24 heavy (non-hydrogen) atoms. The summed E-state index contributed by atoms with van der Waals surface area (Å²) in [6, 6.07) is 4.87. The first kappa shape index (κ1) is 16.3. The zero-order chi connectivity index (χ0) is 17.4. The van der Waals surface area contributed by atoms with Crippen LogP contribution in [-0.4, -0.2) is 61.3 Å². The molecule has 0 aliphatic carbocycles. The average molecular weight is 331 g/mol. The number of methoxy groups -OCH3 is 1.